The molecule has 1 aliphatic carbocycles. The number of rotatable bonds is 4. The third kappa shape index (κ3) is 3.50. The van der Waals surface area contributed by atoms with E-state index in [-0.39, 0.29) is 10.6 Å². The van der Waals surface area contributed by atoms with E-state index in [1.54, 1.807) is 13.0 Å². The summed E-state index contributed by atoms with van der Waals surface area (Å²) >= 11 is 0. The number of hydrogen-bond acceptors (Lipinski definition) is 3. The Morgan fingerprint density at radius 3 is 2.45 bits per heavy atom. The molecule has 1 fully saturated rings. The van der Waals surface area contributed by atoms with Crippen LogP contribution < -0.4 is 5.32 Å². The van der Waals surface area contributed by atoms with E-state index in [9.17, 15) is 10.1 Å². The van der Waals surface area contributed by atoms with E-state index in [0.717, 1.165) is 30.4 Å². The van der Waals surface area contributed by atoms with E-state index in [4.69, 9.17) is 0 Å². The summed E-state index contributed by atoms with van der Waals surface area (Å²) in [6, 6.07) is 5.87. The highest BCUT2D eigenvalue weighted by atomic mass is 16.6. The first kappa shape index (κ1) is 14.8. The van der Waals surface area contributed by atoms with Crippen molar-refractivity contribution in [3.8, 4) is 0 Å². The van der Waals surface area contributed by atoms with Crippen molar-refractivity contribution in [3.63, 3.8) is 0 Å². The van der Waals surface area contributed by atoms with Crippen LogP contribution in [0.3, 0.4) is 0 Å². The third-order valence-electron chi connectivity index (χ3n) is 4.49. The van der Waals surface area contributed by atoms with Crippen LogP contribution in [0.5, 0.6) is 0 Å². The highest BCUT2D eigenvalue weighted by Gasteiger charge is 2.23. The average Bonchev–Trinajstić information content (AvgIpc) is 2.41. The van der Waals surface area contributed by atoms with Crippen molar-refractivity contribution in [1.82, 2.24) is 0 Å². The zero-order valence-corrected chi connectivity index (χ0v) is 12.6. The second-order valence-electron chi connectivity index (χ2n) is 6.26. The minimum absolute atomic E-state index is 0.200. The number of benzene rings is 1. The first-order chi connectivity index (χ1) is 9.47. The summed E-state index contributed by atoms with van der Waals surface area (Å²) in [5.41, 5.74) is 1.78. The van der Waals surface area contributed by atoms with Gasteiger partial charge in [0.05, 0.1) is 4.92 Å². The Kier molecular flexibility index (Phi) is 4.63. The molecule has 110 valence electrons. The summed E-state index contributed by atoms with van der Waals surface area (Å²) in [7, 11) is 0. The van der Waals surface area contributed by atoms with Gasteiger partial charge < -0.3 is 5.32 Å². The normalized spacial score (nSPS) is 22.8. The highest BCUT2D eigenvalue weighted by Crippen LogP contribution is 2.32. The van der Waals surface area contributed by atoms with Crippen LogP contribution >= 0.6 is 0 Å². The van der Waals surface area contributed by atoms with Crippen LogP contribution in [0.4, 0.5) is 11.4 Å². The molecule has 0 heterocycles. The molecule has 4 nitrogen and oxygen atoms in total. The SMILES string of the molecule is Cc1ccc(NC2CCC(C(C)C)CC2)cc1[N+](=O)[O-]. The van der Waals surface area contributed by atoms with E-state index >= 15 is 0 Å². The molecule has 4 heteroatoms. The summed E-state index contributed by atoms with van der Waals surface area (Å²) in [5, 5.41) is 14.4. The summed E-state index contributed by atoms with van der Waals surface area (Å²) in [6.07, 6.45) is 4.82. The van der Waals surface area contributed by atoms with Crippen molar-refractivity contribution in [1.29, 1.82) is 0 Å². The predicted molar refractivity (Wildman–Crippen MR) is 82.0 cm³/mol. The number of hydrogen-bond donors (Lipinski definition) is 1. The maximum absolute atomic E-state index is 11.0. The molecule has 0 aromatic heterocycles. The largest absolute Gasteiger partial charge is 0.382 e. The summed E-state index contributed by atoms with van der Waals surface area (Å²) in [5.74, 6) is 1.59. The molecule has 0 unspecified atom stereocenters. The maximum Gasteiger partial charge on any atom is 0.274 e. The van der Waals surface area contributed by atoms with Crippen molar-refractivity contribution in [2.75, 3.05) is 5.32 Å². The minimum atomic E-state index is -0.309. The maximum atomic E-state index is 11.0. The first-order valence-corrected chi connectivity index (χ1v) is 7.49. The van der Waals surface area contributed by atoms with E-state index in [0.29, 0.717) is 11.6 Å². The van der Waals surface area contributed by atoms with E-state index in [1.807, 2.05) is 12.1 Å². The van der Waals surface area contributed by atoms with Crippen LogP contribution in [0, 0.1) is 28.9 Å². The zero-order chi connectivity index (χ0) is 14.7. The molecular formula is C16H24N2O2. The molecule has 0 aliphatic heterocycles. The Bertz CT molecular complexity index is 477. The number of aryl methyl sites for hydroxylation is 1. The van der Waals surface area contributed by atoms with Crippen molar-refractivity contribution < 1.29 is 4.92 Å². The van der Waals surface area contributed by atoms with Crippen molar-refractivity contribution >= 4 is 11.4 Å². The van der Waals surface area contributed by atoms with E-state index < -0.39 is 0 Å². The van der Waals surface area contributed by atoms with Crippen LogP contribution in [0.25, 0.3) is 0 Å². The second-order valence-corrected chi connectivity index (χ2v) is 6.26. The summed E-state index contributed by atoms with van der Waals surface area (Å²) in [6.45, 7) is 6.36. The topological polar surface area (TPSA) is 55.2 Å². The Balaban J connectivity index is 1.98. The Labute approximate surface area is 120 Å². The lowest BCUT2D eigenvalue weighted by molar-refractivity contribution is -0.385. The van der Waals surface area contributed by atoms with Crippen LogP contribution in [0.2, 0.25) is 0 Å². The molecule has 0 spiro atoms. The fourth-order valence-electron chi connectivity index (χ4n) is 3.06. The van der Waals surface area contributed by atoms with Gasteiger partial charge in [-0.2, -0.15) is 0 Å². The quantitative estimate of drug-likeness (QED) is 0.649. The third-order valence-corrected chi connectivity index (χ3v) is 4.49. The van der Waals surface area contributed by atoms with Gasteiger partial charge in [0, 0.05) is 23.4 Å². The lowest BCUT2D eigenvalue weighted by Gasteiger charge is -2.31. The zero-order valence-electron chi connectivity index (χ0n) is 12.6. The molecule has 0 bridgehead atoms. The Morgan fingerprint density at radius 1 is 1.25 bits per heavy atom. The van der Waals surface area contributed by atoms with Crippen LogP contribution in [-0.4, -0.2) is 11.0 Å². The van der Waals surface area contributed by atoms with Crippen molar-refractivity contribution in [2.24, 2.45) is 11.8 Å². The number of nitro groups is 1. The van der Waals surface area contributed by atoms with Gasteiger partial charge in [0.15, 0.2) is 0 Å². The molecular weight excluding hydrogens is 252 g/mol. The predicted octanol–water partition coefficient (Wildman–Crippen LogP) is 4.53. The minimum Gasteiger partial charge on any atom is -0.382 e. The van der Waals surface area contributed by atoms with Gasteiger partial charge in [0.1, 0.15) is 0 Å². The second kappa shape index (κ2) is 6.25. The standard InChI is InChI=1S/C16H24N2O2/c1-11(2)13-5-8-14(9-6-13)17-15-7-4-12(3)16(10-15)18(19)20/h4,7,10-11,13-14,17H,5-6,8-9H2,1-3H3. The van der Waals surface area contributed by atoms with E-state index in [2.05, 4.69) is 19.2 Å². The molecule has 1 aromatic rings. The van der Waals surface area contributed by atoms with Crippen LogP contribution in [0.1, 0.15) is 45.1 Å². The fraction of sp³-hybridized carbons (Fsp3) is 0.625. The molecule has 1 N–H and O–H groups in total. The molecule has 0 atom stereocenters. The molecule has 1 aromatic carbocycles. The number of nitrogens with one attached hydrogen (secondary N) is 1. The van der Waals surface area contributed by atoms with Gasteiger partial charge in [-0.05, 0) is 50.5 Å². The van der Waals surface area contributed by atoms with Gasteiger partial charge in [-0.3, -0.25) is 10.1 Å². The van der Waals surface area contributed by atoms with Crippen molar-refractivity contribution in [2.45, 2.75) is 52.5 Å². The van der Waals surface area contributed by atoms with Crippen molar-refractivity contribution in [3.05, 3.63) is 33.9 Å². The first-order valence-electron chi connectivity index (χ1n) is 7.49. The molecule has 1 saturated carbocycles. The van der Waals surface area contributed by atoms with Gasteiger partial charge in [-0.1, -0.05) is 19.9 Å². The fourth-order valence-corrected chi connectivity index (χ4v) is 3.06. The molecule has 0 saturated heterocycles. The van der Waals surface area contributed by atoms with Gasteiger partial charge >= 0.3 is 0 Å². The molecule has 1 aliphatic rings. The Morgan fingerprint density at radius 2 is 1.90 bits per heavy atom. The number of nitrogens with zero attached hydrogens (tertiary/aromatic N) is 1. The number of nitro benzene ring substituents is 1. The summed E-state index contributed by atoms with van der Waals surface area (Å²) in [4.78, 5) is 10.7. The molecule has 2 rings (SSSR count). The van der Waals surface area contributed by atoms with Crippen LogP contribution in [0.15, 0.2) is 18.2 Å². The van der Waals surface area contributed by atoms with Gasteiger partial charge in [0.2, 0.25) is 0 Å². The van der Waals surface area contributed by atoms with Gasteiger partial charge in [-0.25, -0.2) is 0 Å². The lowest BCUT2D eigenvalue weighted by atomic mass is 9.79. The lowest BCUT2D eigenvalue weighted by Crippen LogP contribution is -2.27. The Hall–Kier alpha value is -1.58. The molecule has 0 amide bonds. The van der Waals surface area contributed by atoms with Gasteiger partial charge in [-0.15, -0.1) is 0 Å². The highest BCUT2D eigenvalue weighted by molar-refractivity contribution is 5.55. The number of anilines is 1. The molecule has 20 heavy (non-hydrogen) atoms. The summed E-state index contributed by atoms with van der Waals surface area (Å²) < 4.78 is 0. The van der Waals surface area contributed by atoms with Crippen LogP contribution in [-0.2, 0) is 0 Å². The monoisotopic (exact) mass is 276 g/mol. The molecule has 0 radical (unpaired) electrons. The average molecular weight is 276 g/mol. The smallest absolute Gasteiger partial charge is 0.274 e. The van der Waals surface area contributed by atoms with Gasteiger partial charge in [0.25, 0.3) is 5.69 Å². The van der Waals surface area contributed by atoms with E-state index in [1.165, 1.54) is 12.8 Å².